The molecule has 0 saturated heterocycles. The highest BCUT2D eigenvalue weighted by Crippen LogP contribution is 2.31. The lowest BCUT2D eigenvalue weighted by Crippen LogP contribution is -2.28. The maximum atomic E-state index is 12.1. The summed E-state index contributed by atoms with van der Waals surface area (Å²) in [6, 6.07) is 1.38. The molecule has 0 spiro atoms. The molecule has 0 unspecified atom stereocenters. The Bertz CT molecular complexity index is 695. The van der Waals surface area contributed by atoms with Gasteiger partial charge >= 0.3 is 0 Å². The average molecular weight is 292 g/mol. The lowest BCUT2D eigenvalue weighted by molar-refractivity contribution is -0.116. The Balaban J connectivity index is 1.77. The Morgan fingerprint density at radius 1 is 1.65 bits per heavy atom. The predicted octanol–water partition coefficient (Wildman–Crippen LogP) is 1.22. The summed E-state index contributed by atoms with van der Waals surface area (Å²) < 4.78 is 6.24. The van der Waals surface area contributed by atoms with Crippen molar-refractivity contribution in [1.82, 2.24) is 14.7 Å². The number of amides is 1. The van der Waals surface area contributed by atoms with Gasteiger partial charge in [-0.3, -0.25) is 14.2 Å². The number of carbonyl (C=O) groups is 1. The predicted molar refractivity (Wildman–Crippen MR) is 72.7 cm³/mol. The summed E-state index contributed by atoms with van der Waals surface area (Å²) in [6.45, 7) is 1.72. The molecule has 0 radical (unpaired) electrons. The summed E-state index contributed by atoms with van der Waals surface area (Å²) in [5.74, 6) is 0.833. The fourth-order valence-corrected chi connectivity index (χ4v) is 3.16. The molecule has 1 amide bonds. The Labute approximate surface area is 118 Å². The van der Waals surface area contributed by atoms with Crippen molar-refractivity contribution in [3.05, 3.63) is 34.4 Å². The van der Waals surface area contributed by atoms with Crippen molar-refractivity contribution >= 4 is 23.5 Å². The molecule has 0 aliphatic carbocycles. The van der Waals surface area contributed by atoms with Gasteiger partial charge in [0.15, 0.2) is 11.0 Å². The number of carbonyl (C=O) groups excluding carboxylic acids is 1. The number of nitrogens with zero attached hydrogens (tertiary/aromatic N) is 3. The van der Waals surface area contributed by atoms with E-state index in [0.29, 0.717) is 22.3 Å². The molecule has 1 aliphatic rings. The van der Waals surface area contributed by atoms with Gasteiger partial charge in [-0.1, -0.05) is 16.9 Å². The first kappa shape index (κ1) is 12.9. The van der Waals surface area contributed by atoms with Crippen LogP contribution in [0.15, 0.2) is 33.0 Å². The van der Waals surface area contributed by atoms with Crippen LogP contribution in [0.2, 0.25) is 0 Å². The Hall–Kier alpha value is -2.09. The van der Waals surface area contributed by atoms with Gasteiger partial charge in [-0.2, -0.15) is 0 Å². The van der Waals surface area contributed by atoms with E-state index in [9.17, 15) is 9.59 Å². The van der Waals surface area contributed by atoms with Crippen LogP contribution in [0.1, 0.15) is 18.0 Å². The van der Waals surface area contributed by atoms with E-state index in [1.54, 1.807) is 23.8 Å². The smallest absolute Gasteiger partial charge is 0.257 e. The molecule has 104 valence electrons. The Morgan fingerprint density at radius 3 is 3.25 bits per heavy atom. The second-order valence-electron chi connectivity index (χ2n) is 4.50. The molecule has 8 heteroatoms. The van der Waals surface area contributed by atoms with Gasteiger partial charge in [0, 0.05) is 30.0 Å². The van der Waals surface area contributed by atoms with Crippen LogP contribution < -0.4 is 10.9 Å². The maximum absolute atomic E-state index is 12.1. The average Bonchev–Trinajstić information content (AvgIpc) is 3.04. The fourth-order valence-electron chi connectivity index (χ4n) is 2.06. The first-order valence-electron chi connectivity index (χ1n) is 6.06. The molecule has 7 nitrogen and oxygen atoms in total. The molecular formula is C12H12N4O3S. The highest BCUT2D eigenvalue weighted by atomic mass is 32.2. The van der Waals surface area contributed by atoms with Crippen molar-refractivity contribution in [3.63, 3.8) is 0 Å². The zero-order chi connectivity index (χ0) is 14.1. The van der Waals surface area contributed by atoms with E-state index in [-0.39, 0.29) is 23.9 Å². The molecule has 20 heavy (non-hydrogen) atoms. The fraction of sp³-hybridized carbons (Fsp3) is 0.333. The van der Waals surface area contributed by atoms with E-state index < -0.39 is 0 Å². The number of rotatable bonds is 3. The van der Waals surface area contributed by atoms with Gasteiger partial charge in [0.05, 0.1) is 6.04 Å². The van der Waals surface area contributed by atoms with E-state index in [2.05, 4.69) is 20.0 Å². The van der Waals surface area contributed by atoms with Gasteiger partial charge in [0.1, 0.15) is 6.26 Å². The van der Waals surface area contributed by atoms with Crippen LogP contribution in [-0.2, 0) is 4.79 Å². The number of aryl methyl sites for hydroxylation is 1. The molecule has 1 aliphatic heterocycles. The summed E-state index contributed by atoms with van der Waals surface area (Å²) in [5, 5.41) is 6.91. The van der Waals surface area contributed by atoms with Crippen molar-refractivity contribution in [2.75, 3.05) is 11.1 Å². The minimum absolute atomic E-state index is 0.0840. The molecule has 2 aromatic rings. The topological polar surface area (TPSA) is 90.0 Å². The summed E-state index contributed by atoms with van der Waals surface area (Å²) in [6.07, 6.45) is 3.16. The first-order valence-corrected chi connectivity index (χ1v) is 7.05. The highest BCUT2D eigenvalue weighted by Gasteiger charge is 2.27. The molecule has 3 heterocycles. The van der Waals surface area contributed by atoms with Gasteiger partial charge in [0.25, 0.3) is 5.56 Å². The third-order valence-electron chi connectivity index (χ3n) is 3.03. The van der Waals surface area contributed by atoms with Gasteiger partial charge in [0.2, 0.25) is 5.91 Å². The minimum Gasteiger partial charge on any atom is -0.363 e. The van der Waals surface area contributed by atoms with Crippen molar-refractivity contribution < 1.29 is 9.32 Å². The van der Waals surface area contributed by atoms with Crippen LogP contribution >= 0.6 is 11.8 Å². The zero-order valence-electron chi connectivity index (χ0n) is 10.7. The summed E-state index contributed by atoms with van der Waals surface area (Å²) in [7, 11) is 0. The quantitative estimate of drug-likeness (QED) is 0.855. The molecule has 1 atom stereocenters. The SMILES string of the molecule is Cc1cnc2n(c1=O)[C@@H](CC(=O)Nc1ccon1)CS2. The lowest BCUT2D eigenvalue weighted by atomic mass is 10.2. The third-order valence-corrected chi connectivity index (χ3v) is 4.14. The molecule has 3 rings (SSSR count). The molecular weight excluding hydrogens is 280 g/mol. The van der Waals surface area contributed by atoms with Gasteiger partial charge < -0.3 is 9.84 Å². The lowest BCUT2D eigenvalue weighted by Gasteiger charge is -2.12. The summed E-state index contributed by atoms with van der Waals surface area (Å²) >= 11 is 1.49. The Morgan fingerprint density at radius 2 is 2.50 bits per heavy atom. The van der Waals surface area contributed by atoms with Crippen LogP contribution in [-0.4, -0.2) is 26.4 Å². The molecule has 0 aromatic carbocycles. The first-order chi connectivity index (χ1) is 9.65. The molecule has 2 aromatic heterocycles. The monoisotopic (exact) mass is 292 g/mol. The molecule has 0 fully saturated rings. The normalized spacial score (nSPS) is 16.9. The van der Waals surface area contributed by atoms with Gasteiger partial charge in [-0.25, -0.2) is 4.98 Å². The standard InChI is InChI=1S/C12H12N4O3S/c1-7-5-13-12-16(11(7)18)8(6-20-12)4-10(17)14-9-2-3-19-15-9/h2-3,5,8H,4,6H2,1H3,(H,14,15,17)/t8-/m0/s1. The molecule has 0 saturated carbocycles. The van der Waals surface area contributed by atoms with E-state index in [0.717, 1.165) is 0 Å². The minimum atomic E-state index is -0.203. The van der Waals surface area contributed by atoms with Crippen LogP contribution in [0.3, 0.4) is 0 Å². The summed E-state index contributed by atoms with van der Waals surface area (Å²) in [4.78, 5) is 28.3. The van der Waals surface area contributed by atoms with E-state index >= 15 is 0 Å². The second-order valence-corrected chi connectivity index (χ2v) is 5.49. The zero-order valence-corrected chi connectivity index (χ0v) is 11.5. The second kappa shape index (κ2) is 5.12. The number of anilines is 1. The number of hydrogen-bond donors (Lipinski definition) is 1. The van der Waals surface area contributed by atoms with Gasteiger partial charge in [-0.15, -0.1) is 0 Å². The van der Waals surface area contributed by atoms with Crippen LogP contribution in [0, 0.1) is 6.92 Å². The molecule has 0 bridgehead atoms. The number of aromatic nitrogens is 3. The van der Waals surface area contributed by atoms with Gasteiger partial charge in [-0.05, 0) is 6.92 Å². The van der Waals surface area contributed by atoms with Crippen molar-refractivity contribution in [1.29, 1.82) is 0 Å². The van der Waals surface area contributed by atoms with E-state index in [1.807, 2.05) is 0 Å². The van der Waals surface area contributed by atoms with E-state index in [4.69, 9.17) is 0 Å². The largest absolute Gasteiger partial charge is 0.363 e. The highest BCUT2D eigenvalue weighted by molar-refractivity contribution is 7.99. The van der Waals surface area contributed by atoms with Crippen molar-refractivity contribution in [3.8, 4) is 0 Å². The van der Waals surface area contributed by atoms with Crippen LogP contribution in [0.5, 0.6) is 0 Å². The third kappa shape index (κ3) is 2.34. The van der Waals surface area contributed by atoms with Crippen molar-refractivity contribution in [2.45, 2.75) is 24.5 Å². The number of nitrogens with one attached hydrogen (secondary N) is 1. The van der Waals surface area contributed by atoms with E-state index in [1.165, 1.54) is 18.0 Å². The Kier molecular flexibility index (Phi) is 3.31. The van der Waals surface area contributed by atoms with Crippen LogP contribution in [0.4, 0.5) is 5.82 Å². The summed E-state index contributed by atoms with van der Waals surface area (Å²) in [5.41, 5.74) is 0.498. The number of thioether (sulfide) groups is 1. The number of fused-ring (bicyclic) bond motifs is 1. The number of hydrogen-bond acceptors (Lipinski definition) is 6. The van der Waals surface area contributed by atoms with Crippen molar-refractivity contribution in [2.24, 2.45) is 0 Å². The van der Waals surface area contributed by atoms with Crippen LogP contribution in [0.25, 0.3) is 0 Å². The maximum Gasteiger partial charge on any atom is 0.257 e. The molecule has 1 N–H and O–H groups in total.